The minimum atomic E-state index is 1.13. The SMILES string of the molecule is c1ccc(-c2cc3ccccc3cc2-c2c3cc(-n4c5ccccc5c5ccccc54)ccc3c(-c3cccc4ccccc34)c3cc(-n4c5ccccc5c5ccccc54)ccc23)cc1. The maximum Gasteiger partial charge on any atom is 0.0541 e. The molecule has 0 aliphatic rings. The van der Waals surface area contributed by atoms with Crippen LogP contribution in [0.25, 0.3) is 131 Å². The molecule has 0 atom stereocenters. The van der Waals surface area contributed by atoms with Crippen LogP contribution in [0.1, 0.15) is 0 Å². The van der Waals surface area contributed by atoms with Gasteiger partial charge in [-0.15, -0.1) is 0 Å². The van der Waals surface area contributed by atoms with Crippen molar-refractivity contribution in [2.75, 3.05) is 0 Å². The Bertz CT molecular complexity index is 4170. The monoisotopic (exact) mass is 836 g/mol. The largest absolute Gasteiger partial charge is 0.309 e. The van der Waals surface area contributed by atoms with Crippen molar-refractivity contribution < 1.29 is 0 Å². The summed E-state index contributed by atoms with van der Waals surface area (Å²) in [5.41, 5.74) is 14.4. The summed E-state index contributed by atoms with van der Waals surface area (Å²) in [4.78, 5) is 0. The smallest absolute Gasteiger partial charge is 0.0541 e. The van der Waals surface area contributed by atoms with Gasteiger partial charge in [-0.1, -0.05) is 182 Å². The van der Waals surface area contributed by atoms with Crippen LogP contribution >= 0.6 is 0 Å². The van der Waals surface area contributed by atoms with Crippen molar-refractivity contribution >= 4 is 86.7 Å². The van der Waals surface area contributed by atoms with Gasteiger partial charge in [-0.25, -0.2) is 0 Å². The van der Waals surface area contributed by atoms with Gasteiger partial charge < -0.3 is 9.13 Å². The summed E-state index contributed by atoms with van der Waals surface area (Å²) in [5, 5.41) is 14.8. The summed E-state index contributed by atoms with van der Waals surface area (Å²) in [5.74, 6) is 0. The highest BCUT2D eigenvalue weighted by molar-refractivity contribution is 6.26. The van der Waals surface area contributed by atoms with Gasteiger partial charge in [0.05, 0.1) is 22.1 Å². The molecule has 0 bridgehead atoms. The Kier molecular flexibility index (Phi) is 8.02. The fourth-order valence-electron chi connectivity index (χ4n) is 11.2. The van der Waals surface area contributed by atoms with Crippen molar-refractivity contribution in [1.82, 2.24) is 9.13 Å². The van der Waals surface area contributed by atoms with E-state index < -0.39 is 0 Å². The molecule has 2 aromatic heterocycles. The average molecular weight is 837 g/mol. The Hall–Kier alpha value is -8.72. The second-order valence-corrected chi connectivity index (χ2v) is 17.6. The maximum atomic E-state index is 2.47. The highest BCUT2D eigenvalue weighted by Gasteiger charge is 2.24. The van der Waals surface area contributed by atoms with Gasteiger partial charge in [0.25, 0.3) is 0 Å². The molecule has 0 saturated heterocycles. The molecule has 12 aromatic carbocycles. The van der Waals surface area contributed by atoms with E-state index in [2.05, 4.69) is 252 Å². The number of para-hydroxylation sites is 4. The molecule has 2 heterocycles. The Morgan fingerprint density at radius 3 is 1.12 bits per heavy atom. The van der Waals surface area contributed by atoms with Crippen LogP contribution in [0.5, 0.6) is 0 Å². The van der Waals surface area contributed by atoms with Crippen LogP contribution < -0.4 is 0 Å². The van der Waals surface area contributed by atoms with Crippen molar-refractivity contribution in [3.63, 3.8) is 0 Å². The van der Waals surface area contributed by atoms with Gasteiger partial charge in [0.2, 0.25) is 0 Å². The predicted octanol–water partition coefficient (Wildman–Crippen LogP) is 17.5. The average Bonchev–Trinajstić information content (AvgIpc) is 3.90. The molecule has 306 valence electrons. The van der Waals surface area contributed by atoms with E-state index in [1.165, 1.54) is 120 Å². The molecular weight excluding hydrogens is 797 g/mol. The lowest BCUT2D eigenvalue weighted by atomic mass is 9.82. The summed E-state index contributed by atoms with van der Waals surface area (Å²) >= 11 is 0. The fraction of sp³-hybridized carbons (Fsp3) is 0. The fourth-order valence-corrected chi connectivity index (χ4v) is 11.2. The molecule has 0 aliphatic heterocycles. The van der Waals surface area contributed by atoms with Crippen LogP contribution in [0.15, 0.2) is 243 Å². The lowest BCUT2D eigenvalue weighted by Crippen LogP contribution is -1.99. The first-order chi connectivity index (χ1) is 32.8. The first-order valence-electron chi connectivity index (χ1n) is 22.8. The van der Waals surface area contributed by atoms with Crippen LogP contribution in [0, 0.1) is 0 Å². The maximum absolute atomic E-state index is 2.47. The van der Waals surface area contributed by atoms with Crippen molar-refractivity contribution in [1.29, 1.82) is 0 Å². The first-order valence-corrected chi connectivity index (χ1v) is 22.8. The van der Waals surface area contributed by atoms with E-state index in [4.69, 9.17) is 0 Å². The topological polar surface area (TPSA) is 9.86 Å². The van der Waals surface area contributed by atoms with Crippen molar-refractivity contribution in [3.8, 4) is 44.8 Å². The van der Waals surface area contributed by atoms with Crippen molar-refractivity contribution in [2.24, 2.45) is 0 Å². The number of fused-ring (bicyclic) bond motifs is 10. The lowest BCUT2D eigenvalue weighted by Gasteiger charge is -2.23. The molecule has 0 fully saturated rings. The van der Waals surface area contributed by atoms with Crippen LogP contribution in [-0.2, 0) is 0 Å². The molecular formula is C64H40N2. The Labute approximate surface area is 381 Å². The summed E-state index contributed by atoms with van der Waals surface area (Å²) in [6, 6.07) is 90.0. The van der Waals surface area contributed by atoms with Crippen LogP contribution in [-0.4, -0.2) is 9.13 Å². The number of hydrogen-bond acceptors (Lipinski definition) is 0. The molecule has 14 aromatic rings. The Morgan fingerprint density at radius 2 is 0.606 bits per heavy atom. The van der Waals surface area contributed by atoms with E-state index in [-0.39, 0.29) is 0 Å². The van der Waals surface area contributed by atoms with Gasteiger partial charge >= 0.3 is 0 Å². The van der Waals surface area contributed by atoms with Crippen molar-refractivity contribution in [3.05, 3.63) is 243 Å². The molecule has 14 rings (SSSR count). The van der Waals surface area contributed by atoms with Crippen LogP contribution in [0.4, 0.5) is 0 Å². The predicted molar refractivity (Wildman–Crippen MR) is 281 cm³/mol. The van der Waals surface area contributed by atoms with Gasteiger partial charge in [-0.05, 0) is 137 Å². The summed E-state index contributed by atoms with van der Waals surface area (Å²) in [6.45, 7) is 0. The summed E-state index contributed by atoms with van der Waals surface area (Å²) in [6.07, 6.45) is 0. The molecule has 0 N–H and O–H groups in total. The summed E-state index contributed by atoms with van der Waals surface area (Å²) in [7, 11) is 0. The third-order valence-electron chi connectivity index (χ3n) is 14.1. The molecule has 0 spiro atoms. The van der Waals surface area contributed by atoms with Gasteiger partial charge in [0, 0.05) is 32.9 Å². The number of rotatable bonds is 5. The molecule has 2 nitrogen and oxygen atoms in total. The highest BCUT2D eigenvalue weighted by Crippen LogP contribution is 2.50. The first kappa shape index (κ1) is 36.7. The van der Waals surface area contributed by atoms with Gasteiger partial charge in [0.1, 0.15) is 0 Å². The summed E-state index contributed by atoms with van der Waals surface area (Å²) < 4.78 is 4.91. The van der Waals surface area contributed by atoms with E-state index in [0.717, 1.165) is 11.4 Å². The Morgan fingerprint density at radius 1 is 0.212 bits per heavy atom. The van der Waals surface area contributed by atoms with E-state index >= 15 is 0 Å². The molecule has 0 unspecified atom stereocenters. The number of benzene rings is 12. The van der Waals surface area contributed by atoms with Gasteiger partial charge in [-0.2, -0.15) is 0 Å². The number of aromatic nitrogens is 2. The normalized spacial score (nSPS) is 11.9. The molecule has 0 radical (unpaired) electrons. The zero-order valence-corrected chi connectivity index (χ0v) is 36.0. The van der Waals surface area contributed by atoms with E-state index in [9.17, 15) is 0 Å². The number of hydrogen-bond donors (Lipinski definition) is 0. The Balaban J connectivity index is 1.19. The van der Waals surface area contributed by atoms with Gasteiger partial charge in [-0.3, -0.25) is 0 Å². The van der Waals surface area contributed by atoms with E-state index in [0.29, 0.717) is 0 Å². The van der Waals surface area contributed by atoms with Gasteiger partial charge in [0.15, 0.2) is 0 Å². The zero-order chi connectivity index (χ0) is 43.3. The molecule has 0 aliphatic carbocycles. The molecule has 0 saturated carbocycles. The second-order valence-electron chi connectivity index (χ2n) is 17.6. The van der Waals surface area contributed by atoms with Crippen LogP contribution in [0.2, 0.25) is 0 Å². The second kappa shape index (κ2) is 14.4. The lowest BCUT2D eigenvalue weighted by molar-refractivity contribution is 1.18. The van der Waals surface area contributed by atoms with Crippen LogP contribution in [0.3, 0.4) is 0 Å². The minimum Gasteiger partial charge on any atom is -0.309 e. The van der Waals surface area contributed by atoms with Crippen molar-refractivity contribution in [2.45, 2.75) is 0 Å². The number of nitrogens with zero attached hydrogens (tertiary/aromatic N) is 2. The third kappa shape index (κ3) is 5.42. The standard InChI is InChI=1S/C64H40N2/c1-2-17-42(18-3-1)55-37-43-20-4-5-21-44(43)38-56(55)64-54-36-34-45(65-59-29-12-8-24-48(59)49-25-9-13-30-60(49)65)39-57(54)63(52-28-16-22-41-19-6-7-23-47(41)52)53-35-33-46(40-58(53)64)66-61-31-14-10-26-50(61)51-27-11-15-32-62(51)66/h1-40H. The van der Waals surface area contributed by atoms with E-state index in [1.54, 1.807) is 0 Å². The minimum absolute atomic E-state index is 1.13. The molecule has 2 heteroatoms. The molecule has 0 amide bonds. The van der Waals surface area contributed by atoms with E-state index in [1.807, 2.05) is 0 Å². The highest BCUT2D eigenvalue weighted by atomic mass is 15.0. The zero-order valence-electron chi connectivity index (χ0n) is 36.0. The third-order valence-corrected chi connectivity index (χ3v) is 14.1. The quantitative estimate of drug-likeness (QED) is 0.153. The molecule has 66 heavy (non-hydrogen) atoms.